The number of halogens is 4. The fourth-order valence-corrected chi connectivity index (χ4v) is 3.71. The van der Waals surface area contributed by atoms with Gasteiger partial charge < -0.3 is 28.7 Å². The summed E-state index contributed by atoms with van der Waals surface area (Å²) in [5.74, 6) is 0.601. The molecular formula is C28H22AgBF4N6. The third kappa shape index (κ3) is 8.87. The van der Waals surface area contributed by atoms with Gasteiger partial charge in [-0.05, 0) is 44.8 Å². The van der Waals surface area contributed by atoms with Crippen molar-refractivity contribution in [2.45, 2.75) is 0 Å². The first-order chi connectivity index (χ1) is 18.7. The van der Waals surface area contributed by atoms with E-state index in [1.165, 1.54) is 21.5 Å². The molecule has 4 N–H and O–H groups in total. The number of fused-ring (bicyclic) bond motifs is 2. The molecule has 0 saturated heterocycles. The predicted molar refractivity (Wildman–Crippen MR) is 149 cm³/mol. The summed E-state index contributed by atoms with van der Waals surface area (Å²) in [6.07, 6.45) is 6.97. The van der Waals surface area contributed by atoms with E-state index in [-0.39, 0.29) is 22.4 Å². The molecule has 6 rings (SSSR count). The van der Waals surface area contributed by atoms with Crippen molar-refractivity contribution < 1.29 is 39.6 Å². The second-order valence-corrected chi connectivity index (χ2v) is 8.28. The van der Waals surface area contributed by atoms with Gasteiger partial charge in [0.1, 0.15) is 0 Å². The number of anilines is 2. The fraction of sp³-hybridized carbons (Fsp3) is 0. The first kappa shape index (κ1) is 30.2. The van der Waals surface area contributed by atoms with Crippen LogP contribution >= 0.6 is 0 Å². The smallest absolute Gasteiger partial charge is 0.418 e. The van der Waals surface area contributed by atoms with Crippen LogP contribution < -0.4 is 11.5 Å². The Morgan fingerprint density at radius 2 is 0.750 bits per heavy atom. The molecule has 6 nitrogen and oxygen atoms in total. The quantitative estimate of drug-likeness (QED) is 0.156. The van der Waals surface area contributed by atoms with Crippen molar-refractivity contribution in [1.82, 2.24) is 19.9 Å². The minimum atomic E-state index is -6.00. The van der Waals surface area contributed by atoms with Crippen molar-refractivity contribution in [3.8, 4) is 22.3 Å². The van der Waals surface area contributed by atoms with Gasteiger partial charge >= 0.3 is 29.6 Å². The summed E-state index contributed by atoms with van der Waals surface area (Å²) in [4.78, 5) is 16.0. The molecule has 0 aliphatic heterocycles. The Labute approximate surface area is 243 Å². The van der Waals surface area contributed by atoms with Crippen molar-refractivity contribution in [1.29, 1.82) is 0 Å². The summed E-state index contributed by atoms with van der Waals surface area (Å²) in [6, 6.07) is 29.1. The fourth-order valence-electron chi connectivity index (χ4n) is 3.71. The molecule has 0 fully saturated rings. The van der Waals surface area contributed by atoms with Gasteiger partial charge in [0.05, 0.1) is 0 Å². The van der Waals surface area contributed by atoms with Crippen molar-refractivity contribution in [3.63, 3.8) is 0 Å². The van der Waals surface area contributed by atoms with Gasteiger partial charge in [-0.3, -0.25) is 0 Å². The molecule has 0 saturated carbocycles. The molecule has 0 atom stereocenters. The summed E-state index contributed by atoms with van der Waals surface area (Å²) in [6.45, 7) is 0. The molecule has 0 aliphatic carbocycles. The molecule has 0 amide bonds. The Balaban J connectivity index is 0.000000185. The Morgan fingerprint density at radius 1 is 0.450 bits per heavy atom. The number of benzene rings is 4. The van der Waals surface area contributed by atoms with E-state index in [2.05, 4.69) is 80.6 Å². The molecule has 0 aliphatic rings. The van der Waals surface area contributed by atoms with Gasteiger partial charge in [0, 0.05) is 35.9 Å². The molecule has 12 heteroatoms. The molecule has 0 unspecified atom stereocenters. The van der Waals surface area contributed by atoms with E-state index >= 15 is 0 Å². The number of nitrogens with two attached hydrogens (primary N) is 2. The monoisotopic (exact) mass is 636 g/mol. The summed E-state index contributed by atoms with van der Waals surface area (Å²) in [7, 11) is -6.00. The van der Waals surface area contributed by atoms with Crippen LogP contribution in [-0.2, 0) is 22.4 Å². The Morgan fingerprint density at radius 3 is 1.07 bits per heavy atom. The topological polar surface area (TPSA) is 104 Å². The number of rotatable bonds is 2. The van der Waals surface area contributed by atoms with E-state index in [0.717, 1.165) is 22.3 Å². The third-order valence-corrected chi connectivity index (χ3v) is 5.51. The molecule has 0 bridgehead atoms. The van der Waals surface area contributed by atoms with E-state index in [0.29, 0.717) is 11.9 Å². The van der Waals surface area contributed by atoms with Gasteiger partial charge in [0.15, 0.2) is 0 Å². The van der Waals surface area contributed by atoms with Crippen LogP contribution in [0.4, 0.5) is 29.2 Å². The van der Waals surface area contributed by atoms with E-state index in [1.807, 2.05) is 24.3 Å². The first-order valence-electron chi connectivity index (χ1n) is 11.7. The van der Waals surface area contributed by atoms with Crippen LogP contribution in [0.1, 0.15) is 0 Å². The van der Waals surface area contributed by atoms with Gasteiger partial charge in [-0.2, -0.15) is 0 Å². The number of nitrogen functional groups attached to an aromatic ring is 2. The second kappa shape index (κ2) is 13.7. The predicted octanol–water partition coefficient (Wildman–Crippen LogP) is 7.06. The molecule has 206 valence electrons. The van der Waals surface area contributed by atoms with Crippen molar-refractivity contribution >= 4 is 40.7 Å². The Hall–Kier alpha value is -4.31. The maximum Gasteiger partial charge on any atom is 1.00 e. The van der Waals surface area contributed by atoms with Crippen molar-refractivity contribution in [2.75, 3.05) is 11.5 Å². The average molecular weight is 637 g/mol. The molecule has 4 aromatic carbocycles. The van der Waals surface area contributed by atoms with E-state index in [9.17, 15) is 17.3 Å². The zero-order valence-corrected chi connectivity index (χ0v) is 22.2. The van der Waals surface area contributed by atoms with Crippen LogP contribution in [-0.4, -0.2) is 27.2 Å². The van der Waals surface area contributed by atoms with E-state index in [4.69, 9.17) is 11.5 Å². The summed E-state index contributed by atoms with van der Waals surface area (Å²) in [5.41, 5.74) is 15.1. The SMILES string of the molecule is F[B-](F)(F)F.Nc1ncc(-c2ccc3ccccc3c2)cn1.Nc1ncc(-c2ccc3ccccc3c2)cn1.[Ag+]. The summed E-state index contributed by atoms with van der Waals surface area (Å²) >= 11 is 0. The largest absolute Gasteiger partial charge is 1.00 e. The van der Waals surface area contributed by atoms with Gasteiger partial charge in [-0.1, -0.05) is 72.8 Å². The van der Waals surface area contributed by atoms with Gasteiger partial charge in [0.25, 0.3) is 0 Å². The zero-order valence-electron chi connectivity index (χ0n) is 20.7. The van der Waals surface area contributed by atoms with Gasteiger partial charge in [0.2, 0.25) is 11.9 Å². The molecule has 2 heterocycles. The number of hydrogen-bond donors (Lipinski definition) is 2. The summed E-state index contributed by atoms with van der Waals surface area (Å²) in [5, 5.41) is 4.88. The molecule has 6 aromatic rings. The van der Waals surface area contributed by atoms with Crippen LogP contribution in [0, 0.1) is 0 Å². The Kier molecular flexibility index (Phi) is 10.3. The number of nitrogens with zero attached hydrogens (tertiary/aromatic N) is 4. The molecule has 0 spiro atoms. The minimum absolute atomic E-state index is 0. The number of hydrogen-bond acceptors (Lipinski definition) is 6. The Bertz CT molecular complexity index is 1560. The average Bonchev–Trinajstić information content (AvgIpc) is 2.93. The van der Waals surface area contributed by atoms with E-state index in [1.54, 1.807) is 24.8 Å². The molecule has 2 aromatic heterocycles. The van der Waals surface area contributed by atoms with Gasteiger partial charge in [-0.15, -0.1) is 0 Å². The van der Waals surface area contributed by atoms with Crippen molar-refractivity contribution in [3.05, 3.63) is 110 Å². The zero-order chi connectivity index (χ0) is 27.8. The second-order valence-electron chi connectivity index (χ2n) is 8.28. The minimum Gasteiger partial charge on any atom is -0.418 e. The number of aromatic nitrogens is 4. The molecular weight excluding hydrogens is 615 g/mol. The van der Waals surface area contributed by atoms with Crippen LogP contribution in [0.25, 0.3) is 43.8 Å². The molecule has 0 radical (unpaired) electrons. The third-order valence-electron chi connectivity index (χ3n) is 5.51. The first-order valence-corrected chi connectivity index (χ1v) is 11.7. The van der Waals surface area contributed by atoms with Gasteiger partial charge in [-0.25, -0.2) is 19.9 Å². The van der Waals surface area contributed by atoms with Crippen LogP contribution in [0.15, 0.2) is 110 Å². The van der Waals surface area contributed by atoms with Crippen LogP contribution in [0.3, 0.4) is 0 Å². The van der Waals surface area contributed by atoms with E-state index < -0.39 is 7.25 Å². The molecule has 40 heavy (non-hydrogen) atoms. The maximum atomic E-state index is 9.75. The summed E-state index contributed by atoms with van der Waals surface area (Å²) < 4.78 is 39.0. The van der Waals surface area contributed by atoms with Crippen LogP contribution in [0.5, 0.6) is 0 Å². The standard InChI is InChI=1S/2C14H11N3.Ag.BF4/c2*15-14-16-8-13(9-17-14)12-6-5-10-3-1-2-4-11(10)7-12;;2-1(3,4)5/h2*1-9H,(H2,15,16,17);;/q;;+1;-1. The van der Waals surface area contributed by atoms with Crippen LogP contribution in [0.2, 0.25) is 0 Å². The van der Waals surface area contributed by atoms with Crippen molar-refractivity contribution in [2.24, 2.45) is 0 Å². The maximum absolute atomic E-state index is 9.75. The normalized spacial score (nSPS) is 10.5.